The van der Waals surface area contributed by atoms with E-state index in [2.05, 4.69) is 25.3 Å². The van der Waals surface area contributed by atoms with E-state index < -0.39 is 12.8 Å². The Labute approximate surface area is 171 Å². The summed E-state index contributed by atoms with van der Waals surface area (Å²) in [5.41, 5.74) is 0.896. The predicted octanol–water partition coefficient (Wildman–Crippen LogP) is 3.88. The lowest BCUT2D eigenvalue weighted by atomic mass is 10.2. The minimum atomic E-state index is -4.34. The van der Waals surface area contributed by atoms with Gasteiger partial charge in [0.15, 0.2) is 12.6 Å². The standard InChI is InChI=1S/C16H19F3N4OS.HI/c1-11-7-21-14(25-11)9-23-15(20-2)22-8-12-3-5-13(6-4-12)24-10-16(17,18)19;/h3-7H,8-10H2,1-2H3,(H2,20,22,23);1H. The number of hydrogen-bond donors (Lipinski definition) is 2. The van der Waals surface area contributed by atoms with E-state index in [9.17, 15) is 13.2 Å². The number of aryl methyl sites for hydroxylation is 1. The van der Waals surface area contributed by atoms with Crippen molar-refractivity contribution in [3.05, 3.63) is 45.9 Å². The van der Waals surface area contributed by atoms with Crippen LogP contribution in [0.5, 0.6) is 5.75 Å². The molecule has 10 heteroatoms. The zero-order valence-corrected chi connectivity index (χ0v) is 17.4. The van der Waals surface area contributed by atoms with Crippen LogP contribution in [0.1, 0.15) is 15.4 Å². The van der Waals surface area contributed by atoms with E-state index in [1.54, 1.807) is 30.5 Å². The lowest BCUT2D eigenvalue weighted by molar-refractivity contribution is -0.153. The first kappa shape index (κ1) is 22.5. The van der Waals surface area contributed by atoms with E-state index in [0.29, 0.717) is 19.0 Å². The first-order valence-corrected chi connectivity index (χ1v) is 8.31. The van der Waals surface area contributed by atoms with Gasteiger partial charge in [-0.2, -0.15) is 13.2 Å². The maximum Gasteiger partial charge on any atom is 0.422 e. The van der Waals surface area contributed by atoms with Crippen LogP contribution < -0.4 is 15.4 Å². The Morgan fingerprint density at radius 2 is 1.85 bits per heavy atom. The first-order valence-electron chi connectivity index (χ1n) is 7.50. The molecular formula is C16H20F3IN4OS. The summed E-state index contributed by atoms with van der Waals surface area (Å²) in [5, 5.41) is 7.25. The van der Waals surface area contributed by atoms with Gasteiger partial charge in [0.25, 0.3) is 0 Å². The fraction of sp³-hybridized carbons (Fsp3) is 0.375. The molecule has 26 heavy (non-hydrogen) atoms. The molecule has 0 aliphatic carbocycles. The molecular weight excluding hydrogens is 480 g/mol. The Kier molecular flexibility index (Phi) is 9.13. The van der Waals surface area contributed by atoms with Gasteiger partial charge >= 0.3 is 6.18 Å². The number of nitrogens with zero attached hydrogens (tertiary/aromatic N) is 2. The van der Waals surface area contributed by atoms with Crippen molar-refractivity contribution in [2.75, 3.05) is 13.7 Å². The Morgan fingerprint density at radius 3 is 2.38 bits per heavy atom. The number of guanidine groups is 1. The van der Waals surface area contributed by atoms with Crippen LogP contribution in [0.25, 0.3) is 0 Å². The monoisotopic (exact) mass is 500 g/mol. The number of rotatable bonds is 6. The number of hydrogen-bond acceptors (Lipinski definition) is 4. The van der Waals surface area contributed by atoms with Gasteiger partial charge in [0.1, 0.15) is 10.8 Å². The number of aliphatic imine (C=N–C) groups is 1. The molecule has 1 aromatic heterocycles. The molecule has 2 N–H and O–H groups in total. The molecule has 0 aliphatic rings. The molecule has 2 aromatic rings. The van der Waals surface area contributed by atoms with Gasteiger partial charge in [-0.15, -0.1) is 35.3 Å². The highest BCUT2D eigenvalue weighted by atomic mass is 127. The predicted molar refractivity (Wildman–Crippen MR) is 107 cm³/mol. The van der Waals surface area contributed by atoms with Crippen molar-refractivity contribution in [3.63, 3.8) is 0 Å². The third-order valence-corrected chi connectivity index (χ3v) is 4.00. The zero-order chi connectivity index (χ0) is 18.3. The molecule has 0 amide bonds. The summed E-state index contributed by atoms with van der Waals surface area (Å²) < 4.78 is 41.0. The Balaban J connectivity index is 0.00000338. The second-order valence-electron chi connectivity index (χ2n) is 5.19. The molecule has 0 aliphatic heterocycles. The fourth-order valence-corrected chi connectivity index (χ4v) is 2.64. The van der Waals surface area contributed by atoms with Crippen LogP contribution in [0.15, 0.2) is 35.5 Å². The molecule has 0 atom stereocenters. The summed E-state index contributed by atoms with van der Waals surface area (Å²) in [5.74, 6) is 0.799. The van der Waals surface area contributed by atoms with Crippen LogP contribution in [-0.2, 0) is 13.1 Å². The molecule has 1 aromatic carbocycles. The van der Waals surface area contributed by atoms with Crippen LogP contribution >= 0.6 is 35.3 Å². The molecule has 0 saturated carbocycles. The van der Waals surface area contributed by atoms with Crippen LogP contribution in [0.2, 0.25) is 0 Å². The Hall–Kier alpha value is -1.56. The average molecular weight is 500 g/mol. The Morgan fingerprint density at radius 1 is 1.19 bits per heavy atom. The maximum atomic E-state index is 12.1. The van der Waals surface area contributed by atoms with Crippen LogP contribution in [0.3, 0.4) is 0 Å². The molecule has 0 fully saturated rings. The smallest absolute Gasteiger partial charge is 0.422 e. The summed E-state index contributed by atoms with van der Waals surface area (Å²) in [6, 6.07) is 6.43. The van der Waals surface area contributed by atoms with Gasteiger partial charge in [0.05, 0.1) is 6.54 Å². The Bertz CT molecular complexity index is 704. The van der Waals surface area contributed by atoms with Crippen LogP contribution in [-0.4, -0.2) is 30.8 Å². The van der Waals surface area contributed by atoms with E-state index in [-0.39, 0.29) is 29.7 Å². The number of halogens is 4. The van der Waals surface area contributed by atoms with E-state index in [4.69, 9.17) is 0 Å². The third kappa shape index (κ3) is 8.21. The molecule has 0 unspecified atom stereocenters. The molecule has 0 saturated heterocycles. The first-order chi connectivity index (χ1) is 11.9. The van der Waals surface area contributed by atoms with E-state index in [1.165, 1.54) is 12.1 Å². The quantitative estimate of drug-likeness (QED) is 0.359. The van der Waals surface area contributed by atoms with Crippen molar-refractivity contribution >= 4 is 41.3 Å². The summed E-state index contributed by atoms with van der Waals surface area (Å²) in [6.07, 6.45) is -2.52. The summed E-state index contributed by atoms with van der Waals surface area (Å²) in [7, 11) is 1.66. The molecule has 0 radical (unpaired) electrons. The number of alkyl halides is 3. The van der Waals surface area contributed by atoms with Crippen molar-refractivity contribution in [2.45, 2.75) is 26.2 Å². The van der Waals surface area contributed by atoms with Gasteiger partial charge in [-0.1, -0.05) is 12.1 Å². The van der Waals surface area contributed by atoms with E-state index in [0.717, 1.165) is 15.4 Å². The van der Waals surface area contributed by atoms with Crippen molar-refractivity contribution in [3.8, 4) is 5.75 Å². The van der Waals surface area contributed by atoms with Crippen molar-refractivity contribution in [1.82, 2.24) is 15.6 Å². The minimum Gasteiger partial charge on any atom is -0.484 e. The maximum absolute atomic E-state index is 12.1. The number of benzene rings is 1. The lowest BCUT2D eigenvalue weighted by Gasteiger charge is -2.12. The number of thiazole rings is 1. The third-order valence-electron chi connectivity index (χ3n) is 3.09. The van der Waals surface area contributed by atoms with Crippen molar-refractivity contribution in [2.24, 2.45) is 4.99 Å². The van der Waals surface area contributed by atoms with Gasteiger partial charge in [0, 0.05) is 24.7 Å². The average Bonchev–Trinajstić information content (AvgIpc) is 2.99. The van der Waals surface area contributed by atoms with Gasteiger partial charge < -0.3 is 15.4 Å². The minimum absolute atomic E-state index is 0. The largest absolute Gasteiger partial charge is 0.484 e. The van der Waals surface area contributed by atoms with E-state index >= 15 is 0 Å². The molecule has 0 spiro atoms. The highest BCUT2D eigenvalue weighted by molar-refractivity contribution is 14.0. The summed E-state index contributed by atoms with van der Waals surface area (Å²) >= 11 is 1.61. The second kappa shape index (κ2) is 10.6. The molecule has 0 bridgehead atoms. The zero-order valence-electron chi connectivity index (χ0n) is 14.3. The van der Waals surface area contributed by atoms with Gasteiger partial charge in [-0.25, -0.2) is 4.98 Å². The van der Waals surface area contributed by atoms with Gasteiger partial charge in [-0.05, 0) is 24.6 Å². The molecule has 1 heterocycles. The molecule has 2 rings (SSSR count). The van der Waals surface area contributed by atoms with Gasteiger partial charge in [0.2, 0.25) is 0 Å². The number of nitrogens with one attached hydrogen (secondary N) is 2. The SMILES string of the molecule is CN=C(NCc1ccc(OCC(F)(F)F)cc1)NCc1ncc(C)s1.I. The van der Waals surface area contributed by atoms with E-state index in [1.807, 2.05) is 13.1 Å². The lowest BCUT2D eigenvalue weighted by Crippen LogP contribution is -2.36. The highest BCUT2D eigenvalue weighted by Gasteiger charge is 2.28. The van der Waals surface area contributed by atoms with Crippen LogP contribution in [0, 0.1) is 6.92 Å². The number of ether oxygens (including phenoxy) is 1. The summed E-state index contributed by atoms with van der Waals surface area (Å²) in [6.45, 7) is 1.76. The second-order valence-corrected chi connectivity index (χ2v) is 6.51. The normalized spacial score (nSPS) is 11.7. The fourth-order valence-electron chi connectivity index (χ4n) is 1.92. The van der Waals surface area contributed by atoms with Crippen molar-refractivity contribution < 1.29 is 17.9 Å². The highest BCUT2D eigenvalue weighted by Crippen LogP contribution is 2.18. The molecule has 144 valence electrons. The summed E-state index contributed by atoms with van der Waals surface area (Å²) in [4.78, 5) is 9.53. The van der Waals surface area contributed by atoms with Crippen LogP contribution in [0.4, 0.5) is 13.2 Å². The molecule has 5 nitrogen and oxygen atoms in total. The topological polar surface area (TPSA) is 58.5 Å². The van der Waals surface area contributed by atoms with Crippen molar-refractivity contribution in [1.29, 1.82) is 0 Å². The number of aromatic nitrogens is 1. The van der Waals surface area contributed by atoms with Gasteiger partial charge in [-0.3, -0.25) is 4.99 Å².